The van der Waals surface area contributed by atoms with Crippen LogP contribution in [0.5, 0.6) is 0 Å². The molecule has 0 atom stereocenters. The SMILES string of the molecule is CCc1nnc(CN(CC)CC(=O)O)o1. The molecule has 0 aliphatic carbocycles. The van der Waals surface area contributed by atoms with Crippen molar-refractivity contribution in [2.75, 3.05) is 13.1 Å². The van der Waals surface area contributed by atoms with Crippen LogP contribution in [0.25, 0.3) is 0 Å². The monoisotopic (exact) mass is 213 g/mol. The highest BCUT2D eigenvalue weighted by atomic mass is 16.4. The number of aryl methyl sites for hydroxylation is 1. The first kappa shape index (κ1) is 11.6. The second-order valence-electron chi connectivity index (χ2n) is 3.14. The summed E-state index contributed by atoms with van der Waals surface area (Å²) in [5.41, 5.74) is 0. The molecule has 0 unspecified atom stereocenters. The van der Waals surface area contributed by atoms with Crippen LogP contribution in [0.3, 0.4) is 0 Å². The van der Waals surface area contributed by atoms with Gasteiger partial charge in [-0.3, -0.25) is 9.69 Å². The Labute approximate surface area is 87.9 Å². The summed E-state index contributed by atoms with van der Waals surface area (Å²) in [6, 6.07) is 0. The van der Waals surface area contributed by atoms with E-state index in [-0.39, 0.29) is 6.54 Å². The zero-order valence-electron chi connectivity index (χ0n) is 8.93. The van der Waals surface area contributed by atoms with Crippen molar-refractivity contribution < 1.29 is 14.3 Å². The molecule has 0 aliphatic rings. The van der Waals surface area contributed by atoms with Gasteiger partial charge in [0, 0.05) is 6.42 Å². The van der Waals surface area contributed by atoms with Gasteiger partial charge in [-0.2, -0.15) is 0 Å². The minimum atomic E-state index is -0.855. The Balaban J connectivity index is 2.54. The van der Waals surface area contributed by atoms with Crippen molar-refractivity contribution in [1.29, 1.82) is 0 Å². The second-order valence-corrected chi connectivity index (χ2v) is 3.14. The van der Waals surface area contributed by atoms with Gasteiger partial charge in [-0.15, -0.1) is 10.2 Å². The third-order valence-electron chi connectivity index (χ3n) is 1.98. The maximum atomic E-state index is 10.5. The first-order valence-electron chi connectivity index (χ1n) is 4.91. The van der Waals surface area contributed by atoms with Crippen LogP contribution >= 0.6 is 0 Å². The highest BCUT2D eigenvalue weighted by Gasteiger charge is 2.12. The van der Waals surface area contributed by atoms with Gasteiger partial charge in [-0.05, 0) is 6.54 Å². The first-order valence-corrected chi connectivity index (χ1v) is 4.91. The molecule has 84 valence electrons. The molecular formula is C9H15N3O3. The summed E-state index contributed by atoms with van der Waals surface area (Å²) in [5, 5.41) is 16.3. The summed E-state index contributed by atoms with van der Waals surface area (Å²) < 4.78 is 5.29. The highest BCUT2D eigenvalue weighted by molar-refractivity contribution is 5.69. The molecule has 1 aromatic rings. The Kier molecular flexibility index (Phi) is 4.23. The first-order chi connectivity index (χ1) is 7.15. The van der Waals surface area contributed by atoms with Crippen LogP contribution in [0.2, 0.25) is 0 Å². The normalized spacial score (nSPS) is 10.9. The van der Waals surface area contributed by atoms with E-state index < -0.39 is 5.97 Å². The van der Waals surface area contributed by atoms with E-state index in [0.29, 0.717) is 31.3 Å². The van der Waals surface area contributed by atoms with Crippen molar-refractivity contribution >= 4 is 5.97 Å². The van der Waals surface area contributed by atoms with E-state index in [1.807, 2.05) is 13.8 Å². The van der Waals surface area contributed by atoms with Crippen molar-refractivity contribution in [2.45, 2.75) is 26.8 Å². The smallest absolute Gasteiger partial charge is 0.317 e. The Hall–Kier alpha value is -1.43. The molecule has 1 N–H and O–H groups in total. The minimum absolute atomic E-state index is 0.0136. The fourth-order valence-electron chi connectivity index (χ4n) is 1.16. The fraction of sp³-hybridized carbons (Fsp3) is 0.667. The molecule has 15 heavy (non-hydrogen) atoms. The minimum Gasteiger partial charge on any atom is -0.480 e. The van der Waals surface area contributed by atoms with Crippen molar-refractivity contribution in [3.05, 3.63) is 11.8 Å². The van der Waals surface area contributed by atoms with E-state index in [2.05, 4.69) is 10.2 Å². The lowest BCUT2D eigenvalue weighted by Gasteiger charge is -2.14. The fourth-order valence-corrected chi connectivity index (χ4v) is 1.16. The molecule has 1 rings (SSSR count). The maximum Gasteiger partial charge on any atom is 0.317 e. The van der Waals surface area contributed by atoms with Gasteiger partial charge in [0.2, 0.25) is 11.8 Å². The molecule has 0 aromatic carbocycles. The van der Waals surface area contributed by atoms with Crippen LogP contribution in [0.4, 0.5) is 0 Å². The van der Waals surface area contributed by atoms with E-state index in [9.17, 15) is 4.79 Å². The molecule has 6 nitrogen and oxygen atoms in total. The van der Waals surface area contributed by atoms with E-state index in [4.69, 9.17) is 9.52 Å². The molecular weight excluding hydrogens is 198 g/mol. The predicted octanol–water partition coefficient (Wildman–Crippen LogP) is 0.539. The number of hydrogen-bond acceptors (Lipinski definition) is 5. The van der Waals surface area contributed by atoms with Gasteiger partial charge in [0.15, 0.2) is 0 Å². The summed E-state index contributed by atoms with van der Waals surface area (Å²) >= 11 is 0. The number of likely N-dealkylation sites (N-methyl/N-ethyl adjacent to an activating group) is 1. The average molecular weight is 213 g/mol. The van der Waals surface area contributed by atoms with E-state index in [1.165, 1.54) is 0 Å². The number of nitrogens with zero attached hydrogens (tertiary/aromatic N) is 3. The Morgan fingerprint density at radius 2 is 2.07 bits per heavy atom. The third kappa shape index (κ3) is 3.67. The lowest BCUT2D eigenvalue weighted by atomic mass is 10.4. The number of rotatable bonds is 6. The summed E-state index contributed by atoms with van der Waals surface area (Å²) in [6.07, 6.45) is 0.693. The number of hydrogen-bond donors (Lipinski definition) is 1. The van der Waals surface area contributed by atoms with Crippen molar-refractivity contribution in [2.24, 2.45) is 0 Å². The maximum absolute atomic E-state index is 10.5. The van der Waals surface area contributed by atoms with Crippen LogP contribution < -0.4 is 0 Å². The van der Waals surface area contributed by atoms with Gasteiger partial charge >= 0.3 is 5.97 Å². The van der Waals surface area contributed by atoms with Gasteiger partial charge in [0.1, 0.15) is 0 Å². The van der Waals surface area contributed by atoms with Crippen molar-refractivity contribution in [3.63, 3.8) is 0 Å². The molecule has 1 heterocycles. The standard InChI is InChI=1S/C9H15N3O3/c1-3-7-10-11-8(15-7)5-12(4-2)6-9(13)14/h3-6H2,1-2H3,(H,13,14). The van der Waals surface area contributed by atoms with Gasteiger partial charge in [-0.1, -0.05) is 13.8 Å². The molecule has 0 radical (unpaired) electrons. The number of carboxylic acids is 1. The summed E-state index contributed by atoms with van der Waals surface area (Å²) in [5.74, 6) is 0.193. The number of carboxylic acid groups (broad SMARTS) is 1. The van der Waals surface area contributed by atoms with Crippen molar-refractivity contribution in [3.8, 4) is 0 Å². The van der Waals surface area contributed by atoms with Gasteiger partial charge in [0.25, 0.3) is 0 Å². The quantitative estimate of drug-likeness (QED) is 0.742. The van der Waals surface area contributed by atoms with E-state index >= 15 is 0 Å². The van der Waals surface area contributed by atoms with Crippen LogP contribution in [-0.2, 0) is 17.8 Å². The average Bonchev–Trinajstić information content (AvgIpc) is 2.64. The van der Waals surface area contributed by atoms with Crippen molar-refractivity contribution in [1.82, 2.24) is 15.1 Å². The topological polar surface area (TPSA) is 79.5 Å². The number of aliphatic carboxylic acids is 1. The molecule has 0 aliphatic heterocycles. The predicted molar refractivity (Wildman–Crippen MR) is 52.3 cm³/mol. The lowest BCUT2D eigenvalue weighted by Crippen LogP contribution is -2.29. The van der Waals surface area contributed by atoms with E-state index in [1.54, 1.807) is 4.90 Å². The molecule has 0 amide bonds. The third-order valence-corrected chi connectivity index (χ3v) is 1.98. The van der Waals surface area contributed by atoms with Gasteiger partial charge in [-0.25, -0.2) is 0 Å². The molecule has 0 bridgehead atoms. The van der Waals surface area contributed by atoms with Crippen LogP contribution in [0, 0.1) is 0 Å². The molecule has 0 spiro atoms. The Bertz CT molecular complexity index is 324. The summed E-state index contributed by atoms with van der Waals surface area (Å²) in [7, 11) is 0. The largest absolute Gasteiger partial charge is 0.480 e. The number of aromatic nitrogens is 2. The van der Waals surface area contributed by atoms with Gasteiger partial charge < -0.3 is 9.52 Å². The lowest BCUT2D eigenvalue weighted by molar-refractivity contribution is -0.138. The summed E-state index contributed by atoms with van der Waals surface area (Å²) in [4.78, 5) is 12.2. The van der Waals surface area contributed by atoms with Crippen LogP contribution in [0.1, 0.15) is 25.6 Å². The number of carbonyl (C=O) groups is 1. The molecule has 0 saturated heterocycles. The molecule has 1 aromatic heterocycles. The molecule has 6 heteroatoms. The highest BCUT2D eigenvalue weighted by Crippen LogP contribution is 2.04. The summed E-state index contributed by atoms with van der Waals surface area (Å²) in [6.45, 7) is 4.82. The zero-order valence-corrected chi connectivity index (χ0v) is 8.93. The zero-order chi connectivity index (χ0) is 11.3. The van der Waals surface area contributed by atoms with Crippen LogP contribution in [0.15, 0.2) is 4.42 Å². The molecule has 0 fully saturated rings. The second kappa shape index (κ2) is 5.45. The van der Waals surface area contributed by atoms with Gasteiger partial charge in [0.05, 0.1) is 13.1 Å². The molecule has 0 saturated carbocycles. The van der Waals surface area contributed by atoms with Crippen LogP contribution in [-0.4, -0.2) is 39.3 Å². The Morgan fingerprint density at radius 3 is 2.53 bits per heavy atom. The Morgan fingerprint density at radius 1 is 1.40 bits per heavy atom. The van der Waals surface area contributed by atoms with E-state index in [0.717, 1.165) is 0 Å².